The van der Waals surface area contributed by atoms with Crippen molar-refractivity contribution in [1.82, 2.24) is 0 Å². The van der Waals surface area contributed by atoms with Gasteiger partial charge in [0.1, 0.15) is 0 Å². The summed E-state index contributed by atoms with van der Waals surface area (Å²) in [6.07, 6.45) is 1.52. The number of amides is 2. The molecule has 1 atom stereocenters. The van der Waals surface area contributed by atoms with Gasteiger partial charge in [-0.15, -0.1) is 11.8 Å². The highest BCUT2D eigenvalue weighted by atomic mass is 32.2. The molecule has 0 aromatic heterocycles. The Bertz CT molecular complexity index is 817. The van der Waals surface area contributed by atoms with Gasteiger partial charge in [-0.1, -0.05) is 17.7 Å². The summed E-state index contributed by atoms with van der Waals surface area (Å²) >= 11 is 1.54. The van der Waals surface area contributed by atoms with Crippen molar-refractivity contribution in [1.29, 1.82) is 0 Å². The molecule has 0 aliphatic carbocycles. The van der Waals surface area contributed by atoms with Gasteiger partial charge >= 0.3 is 0 Å². The molecule has 4 nitrogen and oxygen atoms in total. The van der Waals surface area contributed by atoms with E-state index in [0.29, 0.717) is 6.42 Å². The van der Waals surface area contributed by atoms with Crippen molar-refractivity contribution < 1.29 is 9.59 Å². The molecule has 0 radical (unpaired) electrons. The second-order valence-corrected chi connectivity index (χ2v) is 8.13. The topological polar surface area (TPSA) is 49.4 Å². The van der Waals surface area contributed by atoms with Crippen LogP contribution in [0.25, 0.3) is 0 Å². The van der Waals surface area contributed by atoms with E-state index in [-0.39, 0.29) is 17.1 Å². The standard InChI is InChI=1S/C21H24N2O2S/c1-14-6-9-18(10-7-14)26-16(3)21(25)22-17-8-11-19(15(2)13-17)23-12-4-5-20(23)24/h6-11,13,16H,4-5,12H2,1-3H3,(H,22,25). The molecular formula is C21H24N2O2S. The van der Waals surface area contributed by atoms with Gasteiger partial charge in [-0.25, -0.2) is 0 Å². The zero-order valence-electron chi connectivity index (χ0n) is 15.4. The van der Waals surface area contributed by atoms with E-state index in [1.54, 1.807) is 11.8 Å². The molecule has 1 unspecified atom stereocenters. The summed E-state index contributed by atoms with van der Waals surface area (Å²) in [4.78, 5) is 27.3. The molecule has 2 amide bonds. The molecule has 1 heterocycles. The lowest BCUT2D eigenvalue weighted by atomic mass is 10.1. The molecular weight excluding hydrogens is 344 g/mol. The molecule has 1 saturated heterocycles. The number of hydrogen-bond donors (Lipinski definition) is 1. The first-order valence-corrected chi connectivity index (χ1v) is 9.77. The number of rotatable bonds is 5. The summed E-state index contributed by atoms with van der Waals surface area (Å²) in [5.41, 5.74) is 3.90. The van der Waals surface area contributed by atoms with E-state index in [0.717, 1.165) is 34.8 Å². The van der Waals surface area contributed by atoms with Gasteiger partial charge in [-0.2, -0.15) is 0 Å². The SMILES string of the molecule is Cc1ccc(SC(C)C(=O)Nc2ccc(N3CCCC3=O)c(C)c2)cc1. The maximum Gasteiger partial charge on any atom is 0.237 e. The fourth-order valence-electron chi connectivity index (χ4n) is 3.06. The molecule has 26 heavy (non-hydrogen) atoms. The summed E-state index contributed by atoms with van der Waals surface area (Å²) in [7, 11) is 0. The van der Waals surface area contributed by atoms with Crippen LogP contribution in [0.5, 0.6) is 0 Å². The normalized spacial score (nSPS) is 15.2. The van der Waals surface area contributed by atoms with Crippen LogP contribution < -0.4 is 10.2 Å². The minimum atomic E-state index is -0.196. The van der Waals surface area contributed by atoms with Gasteiger partial charge in [0.2, 0.25) is 11.8 Å². The van der Waals surface area contributed by atoms with Gasteiger partial charge in [0.15, 0.2) is 0 Å². The molecule has 136 valence electrons. The van der Waals surface area contributed by atoms with Crippen molar-refractivity contribution in [2.75, 3.05) is 16.8 Å². The zero-order valence-corrected chi connectivity index (χ0v) is 16.2. The highest BCUT2D eigenvalue weighted by molar-refractivity contribution is 8.00. The maximum absolute atomic E-state index is 12.5. The first kappa shape index (κ1) is 18.5. The Hall–Kier alpha value is -2.27. The largest absolute Gasteiger partial charge is 0.325 e. The Balaban J connectivity index is 1.64. The van der Waals surface area contributed by atoms with Crippen LogP contribution in [-0.4, -0.2) is 23.6 Å². The molecule has 0 bridgehead atoms. The molecule has 3 rings (SSSR count). The van der Waals surface area contributed by atoms with Gasteiger partial charge in [-0.05, 0) is 63.1 Å². The molecule has 2 aromatic carbocycles. The number of nitrogens with zero attached hydrogens (tertiary/aromatic N) is 1. The molecule has 1 aliphatic rings. The monoisotopic (exact) mass is 368 g/mol. The molecule has 0 saturated carbocycles. The predicted molar refractivity (Wildman–Crippen MR) is 108 cm³/mol. The van der Waals surface area contributed by atoms with Crippen LogP contribution >= 0.6 is 11.8 Å². The van der Waals surface area contributed by atoms with E-state index in [4.69, 9.17) is 0 Å². The summed E-state index contributed by atoms with van der Waals surface area (Å²) in [6, 6.07) is 13.9. The Kier molecular flexibility index (Phi) is 5.67. The fourth-order valence-corrected chi connectivity index (χ4v) is 3.92. The number of carbonyl (C=O) groups excluding carboxylic acids is 2. The zero-order chi connectivity index (χ0) is 18.7. The Labute approximate surface area is 159 Å². The molecule has 0 spiro atoms. The molecule has 1 aliphatic heterocycles. The molecule has 1 N–H and O–H groups in total. The minimum Gasteiger partial charge on any atom is -0.325 e. The van der Waals surface area contributed by atoms with Crippen LogP contribution in [-0.2, 0) is 9.59 Å². The van der Waals surface area contributed by atoms with Crippen molar-refractivity contribution >= 4 is 35.0 Å². The van der Waals surface area contributed by atoms with E-state index < -0.39 is 0 Å². The minimum absolute atomic E-state index is 0.0278. The van der Waals surface area contributed by atoms with E-state index >= 15 is 0 Å². The number of nitrogens with one attached hydrogen (secondary N) is 1. The fraction of sp³-hybridized carbons (Fsp3) is 0.333. The average molecular weight is 369 g/mol. The van der Waals surface area contributed by atoms with Crippen molar-refractivity contribution in [2.24, 2.45) is 0 Å². The Morgan fingerprint density at radius 1 is 1.15 bits per heavy atom. The van der Waals surface area contributed by atoms with Gasteiger partial charge in [0.25, 0.3) is 0 Å². The molecule has 1 fully saturated rings. The van der Waals surface area contributed by atoms with E-state index in [1.807, 2.05) is 56.0 Å². The number of aryl methyl sites for hydroxylation is 2. The average Bonchev–Trinajstić information content (AvgIpc) is 3.03. The van der Waals surface area contributed by atoms with E-state index in [2.05, 4.69) is 17.4 Å². The van der Waals surface area contributed by atoms with Crippen LogP contribution in [0.15, 0.2) is 47.4 Å². The van der Waals surface area contributed by atoms with Crippen molar-refractivity contribution in [3.8, 4) is 0 Å². The second kappa shape index (κ2) is 7.96. The number of thioether (sulfide) groups is 1. The highest BCUT2D eigenvalue weighted by Gasteiger charge is 2.23. The maximum atomic E-state index is 12.5. The van der Waals surface area contributed by atoms with Gasteiger partial charge in [0.05, 0.1) is 5.25 Å². The van der Waals surface area contributed by atoms with E-state index in [1.165, 1.54) is 5.56 Å². The Morgan fingerprint density at radius 2 is 1.88 bits per heavy atom. The lowest BCUT2D eigenvalue weighted by Gasteiger charge is -2.19. The van der Waals surface area contributed by atoms with Crippen LogP contribution in [0.3, 0.4) is 0 Å². The summed E-state index contributed by atoms with van der Waals surface area (Å²) in [5, 5.41) is 2.78. The number of benzene rings is 2. The first-order valence-electron chi connectivity index (χ1n) is 8.89. The van der Waals surface area contributed by atoms with Crippen molar-refractivity contribution in [3.05, 3.63) is 53.6 Å². The molecule has 5 heteroatoms. The third-order valence-corrected chi connectivity index (χ3v) is 5.64. The van der Waals surface area contributed by atoms with Gasteiger partial charge in [0, 0.05) is 29.2 Å². The molecule has 2 aromatic rings. The quantitative estimate of drug-likeness (QED) is 0.788. The second-order valence-electron chi connectivity index (χ2n) is 6.71. The summed E-state index contributed by atoms with van der Waals surface area (Å²) < 4.78 is 0. The number of anilines is 2. The third-order valence-electron chi connectivity index (χ3n) is 4.53. The number of hydrogen-bond acceptors (Lipinski definition) is 3. The lowest BCUT2D eigenvalue weighted by Crippen LogP contribution is -2.25. The van der Waals surface area contributed by atoms with E-state index in [9.17, 15) is 9.59 Å². The van der Waals surface area contributed by atoms with Gasteiger partial charge < -0.3 is 10.2 Å². The smallest absolute Gasteiger partial charge is 0.237 e. The Morgan fingerprint density at radius 3 is 2.50 bits per heavy atom. The van der Waals surface area contributed by atoms with Gasteiger partial charge in [-0.3, -0.25) is 9.59 Å². The van der Waals surface area contributed by atoms with Crippen LogP contribution in [0, 0.1) is 13.8 Å². The van der Waals surface area contributed by atoms with Crippen LogP contribution in [0.1, 0.15) is 30.9 Å². The van der Waals surface area contributed by atoms with Crippen molar-refractivity contribution in [2.45, 2.75) is 43.8 Å². The predicted octanol–water partition coefficient (Wildman–Crippen LogP) is 4.55. The van der Waals surface area contributed by atoms with Crippen LogP contribution in [0.4, 0.5) is 11.4 Å². The third kappa shape index (κ3) is 4.28. The summed E-state index contributed by atoms with van der Waals surface area (Å²) in [5.74, 6) is 0.146. The van der Waals surface area contributed by atoms with Crippen LogP contribution in [0.2, 0.25) is 0 Å². The number of carbonyl (C=O) groups is 2. The highest BCUT2D eigenvalue weighted by Crippen LogP contribution is 2.28. The van der Waals surface area contributed by atoms with Crippen molar-refractivity contribution in [3.63, 3.8) is 0 Å². The lowest BCUT2D eigenvalue weighted by molar-refractivity contribution is -0.117. The first-order chi connectivity index (χ1) is 12.4. The summed E-state index contributed by atoms with van der Waals surface area (Å²) in [6.45, 7) is 6.70.